The molecule has 0 aromatic heterocycles. The van der Waals surface area contributed by atoms with Crippen LogP contribution in [0.3, 0.4) is 0 Å². The first-order valence-corrected chi connectivity index (χ1v) is 8.09. The summed E-state index contributed by atoms with van der Waals surface area (Å²) < 4.78 is 26.6. The molecular formula is C17H24O9. The number of allylic oxidation sites excluding steroid dienone is 1. The molecule has 0 spiro atoms. The van der Waals surface area contributed by atoms with Gasteiger partial charge in [-0.1, -0.05) is 12.2 Å². The van der Waals surface area contributed by atoms with Crippen LogP contribution in [0.15, 0.2) is 12.2 Å². The SMILES string of the molecule is C/C=C/[C@@H]1OC(COC(C)=O)[C@H](OC(C)=O)[C@H](OC(C)=O)C1OC(C)=O. The fourth-order valence-corrected chi connectivity index (χ4v) is 2.61. The van der Waals surface area contributed by atoms with Gasteiger partial charge in [-0.25, -0.2) is 0 Å². The van der Waals surface area contributed by atoms with Gasteiger partial charge in [0.05, 0.1) is 0 Å². The summed E-state index contributed by atoms with van der Waals surface area (Å²) in [5.74, 6) is -2.49. The van der Waals surface area contributed by atoms with Crippen LogP contribution in [0.2, 0.25) is 0 Å². The van der Waals surface area contributed by atoms with E-state index < -0.39 is 54.4 Å². The average Bonchev–Trinajstić information content (AvgIpc) is 2.50. The van der Waals surface area contributed by atoms with Crippen LogP contribution >= 0.6 is 0 Å². The maximum absolute atomic E-state index is 11.6. The number of carbonyl (C=O) groups excluding carboxylic acids is 4. The summed E-state index contributed by atoms with van der Waals surface area (Å²) in [5, 5.41) is 0. The zero-order valence-corrected chi connectivity index (χ0v) is 15.4. The van der Waals surface area contributed by atoms with Gasteiger partial charge >= 0.3 is 23.9 Å². The maximum atomic E-state index is 11.6. The van der Waals surface area contributed by atoms with Crippen molar-refractivity contribution in [3.63, 3.8) is 0 Å². The number of hydrogen-bond acceptors (Lipinski definition) is 9. The van der Waals surface area contributed by atoms with Crippen LogP contribution in [0.25, 0.3) is 0 Å². The molecule has 0 bridgehead atoms. The largest absolute Gasteiger partial charge is 0.463 e. The Kier molecular flexibility index (Phi) is 8.24. The van der Waals surface area contributed by atoms with Crippen LogP contribution in [-0.2, 0) is 42.9 Å². The Balaban J connectivity index is 3.26. The van der Waals surface area contributed by atoms with Gasteiger partial charge in [-0.15, -0.1) is 0 Å². The number of ether oxygens (including phenoxy) is 5. The zero-order valence-electron chi connectivity index (χ0n) is 15.4. The van der Waals surface area contributed by atoms with E-state index >= 15 is 0 Å². The minimum atomic E-state index is -1.13. The third kappa shape index (κ3) is 6.47. The van der Waals surface area contributed by atoms with Crippen molar-refractivity contribution >= 4 is 23.9 Å². The molecule has 5 atom stereocenters. The van der Waals surface area contributed by atoms with Crippen LogP contribution < -0.4 is 0 Å². The summed E-state index contributed by atoms with van der Waals surface area (Å²) >= 11 is 0. The summed E-state index contributed by atoms with van der Waals surface area (Å²) in [5.41, 5.74) is 0. The minimum Gasteiger partial charge on any atom is -0.463 e. The van der Waals surface area contributed by atoms with E-state index in [1.165, 1.54) is 27.7 Å². The van der Waals surface area contributed by atoms with E-state index in [0.29, 0.717) is 0 Å². The average molecular weight is 372 g/mol. The molecule has 0 aromatic rings. The second kappa shape index (κ2) is 9.91. The smallest absolute Gasteiger partial charge is 0.303 e. The van der Waals surface area contributed by atoms with Crippen molar-refractivity contribution < 1.29 is 42.9 Å². The Morgan fingerprint density at radius 2 is 1.31 bits per heavy atom. The van der Waals surface area contributed by atoms with E-state index in [9.17, 15) is 19.2 Å². The second-order valence-electron chi connectivity index (χ2n) is 5.69. The molecule has 1 saturated heterocycles. The van der Waals surface area contributed by atoms with Gasteiger partial charge in [0.1, 0.15) is 18.8 Å². The van der Waals surface area contributed by atoms with Crippen LogP contribution in [0.5, 0.6) is 0 Å². The topological polar surface area (TPSA) is 114 Å². The summed E-state index contributed by atoms with van der Waals surface area (Å²) in [6, 6.07) is 0. The molecule has 2 unspecified atom stereocenters. The minimum absolute atomic E-state index is 0.230. The van der Waals surface area contributed by atoms with E-state index in [0.717, 1.165) is 0 Å². The van der Waals surface area contributed by atoms with Crippen molar-refractivity contribution in [1.82, 2.24) is 0 Å². The molecule has 1 heterocycles. The molecule has 26 heavy (non-hydrogen) atoms. The Hall–Kier alpha value is -2.42. The van der Waals surface area contributed by atoms with E-state index in [1.807, 2.05) is 0 Å². The van der Waals surface area contributed by atoms with Gasteiger partial charge in [0, 0.05) is 27.7 Å². The summed E-state index contributed by atoms with van der Waals surface area (Å²) in [4.78, 5) is 45.7. The highest BCUT2D eigenvalue weighted by atomic mass is 16.7. The molecule has 9 nitrogen and oxygen atoms in total. The zero-order chi connectivity index (χ0) is 19.9. The van der Waals surface area contributed by atoms with E-state index in [4.69, 9.17) is 23.7 Å². The first kappa shape index (κ1) is 21.6. The highest BCUT2D eigenvalue weighted by Gasteiger charge is 2.51. The van der Waals surface area contributed by atoms with Crippen LogP contribution in [0, 0.1) is 0 Å². The maximum Gasteiger partial charge on any atom is 0.303 e. The quantitative estimate of drug-likeness (QED) is 0.377. The Labute approximate surface area is 151 Å². The van der Waals surface area contributed by atoms with Crippen molar-refractivity contribution in [2.45, 2.75) is 65.1 Å². The van der Waals surface area contributed by atoms with Gasteiger partial charge in [-0.05, 0) is 6.92 Å². The van der Waals surface area contributed by atoms with Crippen molar-refractivity contribution in [3.8, 4) is 0 Å². The predicted molar refractivity (Wildman–Crippen MR) is 86.8 cm³/mol. The molecular weight excluding hydrogens is 348 g/mol. The van der Waals surface area contributed by atoms with Crippen molar-refractivity contribution in [1.29, 1.82) is 0 Å². The molecule has 0 amide bonds. The summed E-state index contributed by atoms with van der Waals surface area (Å²) in [7, 11) is 0. The van der Waals surface area contributed by atoms with Gasteiger partial charge in [-0.2, -0.15) is 0 Å². The lowest BCUT2D eigenvalue weighted by Gasteiger charge is -2.43. The molecule has 0 aliphatic carbocycles. The highest BCUT2D eigenvalue weighted by Crippen LogP contribution is 2.29. The van der Waals surface area contributed by atoms with E-state index in [1.54, 1.807) is 19.1 Å². The van der Waals surface area contributed by atoms with Gasteiger partial charge in [0.2, 0.25) is 0 Å². The van der Waals surface area contributed by atoms with Crippen molar-refractivity contribution in [2.24, 2.45) is 0 Å². The number of hydrogen-bond donors (Lipinski definition) is 0. The molecule has 0 aromatic carbocycles. The summed E-state index contributed by atoms with van der Waals surface area (Å²) in [6.45, 7) is 6.27. The van der Waals surface area contributed by atoms with E-state index in [2.05, 4.69) is 0 Å². The second-order valence-corrected chi connectivity index (χ2v) is 5.69. The van der Waals surface area contributed by atoms with Crippen LogP contribution in [0.4, 0.5) is 0 Å². The molecule has 1 aliphatic heterocycles. The Bertz CT molecular complexity index is 569. The fraction of sp³-hybridized carbons (Fsp3) is 0.647. The highest BCUT2D eigenvalue weighted by molar-refractivity contribution is 5.68. The van der Waals surface area contributed by atoms with Crippen molar-refractivity contribution in [3.05, 3.63) is 12.2 Å². The molecule has 0 N–H and O–H groups in total. The number of esters is 4. The lowest BCUT2D eigenvalue weighted by molar-refractivity contribution is -0.244. The monoisotopic (exact) mass is 372 g/mol. The molecule has 1 fully saturated rings. The van der Waals surface area contributed by atoms with E-state index in [-0.39, 0.29) is 6.61 Å². The van der Waals surface area contributed by atoms with Gasteiger partial charge in [-0.3, -0.25) is 19.2 Å². The molecule has 1 rings (SSSR count). The first-order chi connectivity index (χ1) is 12.1. The van der Waals surface area contributed by atoms with Gasteiger partial charge in [0.25, 0.3) is 0 Å². The molecule has 0 radical (unpaired) electrons. The van der Waals surface area contributed by atoms with Gasteiger partial charge < -0.3 is 23.7 Å². The fourth-order valence-electron chi connectivity index (χ4n) is 2.61. The lowest BCUT2D eigenvalue weighted by Crippen LogP contribution is -2.61. The Morgan fingerprint density at radius 1 is 0.808 bits per heavy atom. The first-order valence-electron chi connectivity index (χ1n) is 8.09. The number of rotatable bonds is 6. The van der Waals surface area contributed by atoms with Crippen molar-refractivity contribution in [2.75, 3.05) is 6.61 Å². The molecule has 9 heteroatoms. The third-order valence-electron chi connectivity index (χ3n) is 3.41. The summed E-state index contributed by atoms with van der Waals surface area (Å²) in [6.07, 6.45) is -1.72. The predicted octanol–water partition coefficient (Wildman–Crippen LogP) is 0.688. The normalized spacial score (nSPS) is 28.3. The Morgan fingerprint density at radius 3 is 1.77 bits per heavy atom. The molecule has 1 aliphatic rings. The van der Waals surface area contributed by atoms with Crippen LogP contribution in [0.1, 0.15) is 34.6 Å². The van der Waals surface area contributed by atoms with Crippen LogP contribution in [-0.4, -0.2) is 61.0 Å². The standard InChI is InChI=1S/C17H24O9/c1-6-7-13-15(23-10(3)19)17(25-12(5)21)16(24-11(4)20)14(26-13)8-22-9(2)18/h6-7,13-17H,8H2,1-5H3/b7-6+/t13-,14?,15?,16-,17+/m0/s1. The molecule has 0 saturated carbocycles. The molecule has 146 valence electrons. The number of carbonyl (C=O) groups is 4. The lowest BCUT2D eigenvalue weighted by atomic mass is 9.94. The third-order valence-corrected chi connectivity index (χ3v) is 3.41. The van der Waals surface area contributed by atoms with Gasteiger partial charge in [0.15, 0.2) is 18.3 Å².